The Labute approximate surface area is 156 Å². The number of Topliss-reactive ketones (excluding diaryl/α,β-unsaturated/α-hetero) is 2. The summed E-state index contributed by atoms with van der Waals surface area (Å²) in [6.07, 6.45) is 1.88. The van der Waals surface area contributed by atoms with E-state index in [0.29, 0.717) is 30.5 Å². The number of hydrogen-bond donors (Lipinski definition) is 0. The molecule has 1 aliphatic carbocycles. The van der Waals surface area contributed by atoms with Gasteiger partial charge >= 0.3 is 157 Å². The first kappa shape index (κ1) is 15.3. The van der Waals surface area contributed by atoms with Crippen molar-refractivity contribution in [1.82, 2.24) is 0 Å². The zero-order valence-corrected chi connectivity index (χ0v) is 18.2. The van der Waals surface area contributed by atoms with Crippen molar-refractivity contribution in [2.24, 2.45) is 0 Å². The van der Waals surface area contributed by atoms with Gasteiger partial charge < -0.3 is 0 Å². The molecule has 0 amide bonds. The van der Waals surface area contributed by atoms with E-state index in [1.165, 1.54) is 15.8 Å². The summed E-state index contributed by atoms with van der Waals surface area (Å²) in [5, 5.41) is 4.98. The second-order valence-electron chi connectivity index (χ2n) is 6.56. The summed E-state index contributed by atoms with van der Waals surface area (Å²) in [7, 11) is -1.55. The number of carbonyl (C=O) groups is 2. The van der Waals surface area contributed by atoms with Gasteiger partial charge in [0.15, 0.2) is 0 Å². The molecule has 5 rings (SSSR count). The molecular weight excluding hydrogens is 466 g/mol. The predicted octanol–water partition coefficient (Wildman–Crippen LogP) is 2.13. The van der Waals surface area contributed by atoms with Gasteiger partial charge in [0.1, 0.15) is 0 Å². The van der Waals surface area contributed by atoms with Gasteiger partial charge in [0.2, 0.25) is 0 Å². The van der Waals surface area contributed by atoms with E-state index >= 15 is 0 Å². The molecule has 0 unspecified atom stereocenters. The normalized spacial score (nSPS) is 19.0. The van der Waals surface area contributed by atoms with Crippen molar-refractivity contribution < 1.29 is 9.59 Å². The third-order valence-electron chi connectivity index (χ3n) is 4.86. The maximum absolute atomic E-state index is 12.5. The number of fused-ring (bicyclic) bond motifs is 4. The maximum atomic E-state index is 12.5. The van der Waals surface area contributed by atoms with Crippen LogP contribution in [0, 0.1) is 0 Å². The molecule has 6 heteroatoms. The molecule has 24 heavy (non-hydrogen) atoms. The third kappa shape index (κ3) is 1.87. The van der Waals surface area contributed by atoms with E-state index in [0.717, 1.165) is 0 Å². The first-order valence-corrected chi connectivity index (χ1v) is 15.0. The molecule has 2 aliphatic rings. The Hall–Kier alpha value is -1.00. The molecular formula is C18H12O2SSe2Si. The molecule has 4 heterocycles. The van der Waals surface area contributed by atoms with Crippen LogP contribution < -0.4 is 10.4 Å². The molecule has 3 aromatic heterocycles. The van der Waals surface area contributed by atoms with Crippen molar-refractivity contribution in [2.45, 2.75) is 13.1 Å². The Morgan fingerprint density at radius 1 is 1.08 bits per heavy atom. The van der Waals surface area contributed by atoms with Crippen LogP contribution in [-0.2, 0) is 0 Å². The van der Waals surface area contributed by atoms with Crippen LogP contribution in [0.4, 0.5) is 0 Å². The van der Waals surface area contributed by atoms with Gasteiger partial charge in [-0.05, 0) is 0 Å². The van der Waals surface area contributed by atoms with Crippen LogP contribution in [0.25, 0.3) is 15.0 Å². The predicted molar refractivity (Wildman–Crippen MR) is 103 cm³/mol. The molecule has 0 atom stereocenters. The van der Waals surface area contributed by atoms with Crippen LogP contribution in [0.15, 0.2) is 34.1 Å². The average Bonchev–Trinajstić information content (AvgIpc) is 3.31. The summed E-state index contributed by atoms with van der Waals surface area (Å²) in [5.74, 6) is -0.180. The average molecular weight is 478 g/mol. The minimum absolute atomic E-state index is 0.0862. The van der Waals surface area contributed by atoms with E-state index in [1.54, 1.807) is 25.3 Å². The molecule has 3 aromatic rings. The molecule has 0 N–H and O–H groups in total. The molecule has 0 bridgehead atoms. The Bertz CT molecular complexity index is 1050. The Balaban J connectivity index is 1.63. The van der Waals surface area contributed by atoms with Gasteiger partial charge in [-0.1, -0.05) is 0 Å². The summed E-state index contributed by atoms with van der Waals surface area (Å²) in [4.78, 5) is 27.9. The zero-order valence-electron chi connectivity index (χ0n) is 13.0. The monoisotopic (exact) mass is 480 g/mol. The molecule has 0 fully saturated rings. The van der Waals surface area contributed by atoms with Gasteiger partial charge in [0.05, 0.1) is 0 Å². The molecule has 2 nitrogen and oxygen atoms in total. The summed E-state index contributed by atoms with van der Waals surface area (Å²) in [6.45, 7) is 4.84. The Morgan fingerprint density at radius 3 is 2.71 bits per heavy atom. The number of hydrogen-bond acceptors (Lipinski definition) is 3. The summed E-state index contributed by atoms with van der Waals surface area (Å²) < 4.78 is 4.34. The van der Waals surface area contributed by atoms with Gasteiger partial charge in [-0.25, -0.2) is 0 Å². The molecule has 1 aliphatic heterocycles. The van der Waals surface area contributed by atoms with Crippen molar-refractivity contribution in [1.29, 1.82) is 0 Å². The second-order valence-corrected chi connectivity index (χ2v) is 16.0. The van der Waals surface area contributed by atoms with Crippen LogP contribution in [0.3, 0.4) is 0 Å². The molecule has 0 spiro atoms. The summed E-state index contributed by atoms with van der Waals surface area (Å²) >= 11 is 2.07. The third-order valence-corrected chi connectivity index (χ3v) is 15.0. The minimum atomic E-state index is -1.55. The van der Waals surface area contributed by atoms with Crippen molar-refractivity contribution >= 4 is 76.4 Å². The van der Waals surface area contributed by atoms with E-state index < -0.39 is 8.07 Å². The first-order chi connectivity index (χ1) is 11.5. The number of ketones is 2. The number of allylic oxidation sites excluding steroid dienone is 1. The summed E-state index contributed by atoms with van der Waals surface area (Å²) in [5.41, 5.74) is 0.959. The second kappa shape index (κ2) is 5.01. The van der Waals surface area contributed by atoms with E-state index in [4.69, 9.17) is 0 Å². The standard InChI is InChI=1S/C18H12O2SSe2Si/c1-24(2)12-4-6-22-17(12)18-13(24)8-9(23-18)7-11-14(19)10-3-5-21-16(10)15(11)20/h3-8H,1-2H3/b11-7+. The van der Waals surface area contributed by atoms with Crippen LogP contribution in [0.2, 0.25) is 13.1 Å². The van der Waals surface area contributed by atoms with Crippen LogP contribution >= 0.6 is 11.3 Å². The molecule has 0 aromatic carbocycles. The van der Waals surface area contributed by atoms with Crippen LogP contribution in [-0.4, -0.2) is 48.6 Å². The van der Waals surface area contributed by atoms with Crippen molar-refractivity contribution in [3.05, 3.63) is 49.0 Å². The zero-order chi connectivity index (χ0) is 16.6. The number of carbonyl (C=O) groups excluding carboxylic acids is 2. The van der Waals surface area contributed by atoms with E-state index in [2.05, 4.69) is 30.2 Å². The molecule has 118 valence electrons. The van der Waals surface area contributed by atoms with Crippen LogP contribution in [0.1, 0.15) is 24.5 Å². The molecule has 0 saturated heterocycles. The SMILES string of the molecule is C[Si]1(C)c2cc[se]c2-c2[se]c(/C=C3\C(=O)c4ccsc4C3=O)cc21. The van der Waals surface area contributed by atoms with Gasteiger partial charge in [-0.3, -0.25) is 0 Å². The fourth-order valence-corrected chi connectivity index (χ4v) is 16.3. The fraction of sp³-hybridized carbons (Fsp3) is 0.111. The Kier molecular flexibility index (Phi) is 3.19. The quantitative estimate of drug-likeness (QED) is 0.305. The molecule has 0 radical (unpaired) electrons. The molecule has 0 saturated carbocycles. The fourth-order valence-electron chi connectivity index (χ4n) is 3.54. The number of rotatable bonds is 1. The summed E-state index contributed by atoms with van der Waals surface area (Å²) in [6, 6.07) is 6.42. The van der Waals surface area contributed by atoms with Gasteiger partial charge in [0, 0.05) is 0 Å². The van der Waals surface area contributed by atoms with Crippen molar-refractivity contribution in [2.75, 3.05) is 0 Å². The van der Waals surface area contributed by atoms with Gasteiger partial charge in [-0.15, -0.1) is 0 Å². The first-order valence-electron chi connectivity index (χ1n) is 7.59. The Morgan fingerprint density at radius 2 is 1.92 bits per heavy atom. The van der Waals surface area contributed by atoms with Crippen molar-refractivity contribution in [3.63, 3.8) is 0 Å². The van der Waals surface area contributed by atoms with Gasteiger partial charge in [-0.2, -0.15) is 0 Å². The number of thiophene rings is 1. The van der Waals surface area contributed by atoms with E-state index in [-0.39, 0.29) is 26.1 Å². The van der Waals surface area contributed by atoms with Crippen molar-refractivity contribution in [3.8, 4) is 8.87 Å². The topological polar surface area (TPSA) is 34.1 Å². The van der Waals surface area contributed by atoms with E-state index in [1.807, 2.05) is 11.5 Å². The van der Waals surface area contributed by atoms with Gasteiger partial charge in [0.25, 0.3) is 0 Å². The van der Waals surface area contributed by atoms with E-state index in [9.17, 15) is 9.59 Å². The van der Waals surface area contributed by atoms with Crippen LogP contribution in [0.5, 0.6) is 0 Å².